The van der Waals surface area contributed by atoms with Gasteiger partial charge in [-0.15, -0.1) is 0 Å². The highest BCUT2D eigenvalue weighted by molar-refractivity contribution is 5.78. The van der Waals surface area contributed by atoms with Crippen molar-refractivity contribution in [1.82, 2.24) is 29.8 Å². The first kappa shape index (κ1) is 17.4. The van der Waals surface area contributed by atoms with E-state index < -0.39 is 0 Å². The smallest absolute Gasteiger partial charge is 0.158 e. The standard InChI is InChI=1S/C19H22N8/c20-7-15-9-23-19(11-22-15)26-18-6-17-16(10-24-18)25-13-27(17)12-14-4-2-1-3-5-21-8-14/h6,9-11,13-14,21H,1-5,8,12H2,(H,23,24,26). The number of hydrogen-bond donors (Lipinski definition) is 2. The molecule has 0 bridgehead atoms. The lowest BCUT2D eigenvalue weighted by molar-refractivity contribution is 0.356. The first-order valence-corrected chi connectivity index (χ1v) is 9.32. The Kier molecular flexibility index (Phi) is 5.21. The molecule has 4 rings (SSSR count). The zero-order valence-electron chi connectivity index (χ0n) is 15.1. The van der Waals surface area contributed by atoms with Gasteiger partial charge >= 0.3 is 0 Å². The van der Waals surface area contributed by atoms with Crippen LogP contribution in [-0.2, 0) is 6.54 Å². The minimum absolute atomic E-state index is 0.287. The number of nitriles is 1. The molecule has 0 aromatic carbocycles. The van der Waals surface area contributed by atoms with Crippen molar-refractivity contribution in [2.75, 3.05) is 18.4 Å². The van der Waals surface area contributed by atoms with Gasteiger partial charge in [0.15, 0.2) is 5.69 Å². The molecule has 3 aromatic heterocycles. The van der Waals surface area contributed by atoms with Gasteiger partial charge in [-0.05, 0) is 31.8 Å². The van der Waals surface area contributed by atoms with Crippen molar-refractivity contribution in [3.63, 3.8) is 0 Å². The van der Waals surface area contributed by atoms with Crippen LogP contribution in [0.5, 0.6) is 0 Å². The molecule has 0 radical (unpaired) electrons. The van der Waals surface area contributed by atoms with E-state index in [0.29, 0.717) is 17.6 Å². The minimum atomic E-state index is 0.287. The summed E-state index contributed by atoms with van der Waals surface area (Å²) in [6.07, 6.45) is 11.7. The number of pyridine rings is 1. The van der Waals surface area contributed by atoms with Gasteiger partial charge in [0.05, 0.1) is 30.4 Å². The van der Waals surface area contributed by atoms with Crippen molar-refractivity contribution < 1.29 is 0 Å². The molecule has 1 aliphatic heterocycles. The first-order chi connectivity index (χ1) is 13.3. The van der Waals surface area contributed by atoms with Crippen LogP contribution in [0.3, 0.4) is 0 Å². The van der Waals surface area contributed by atoms with Crippen molar-refractivity contribution in [2.24, 2.45) is 5.92 Å². The molecule has 3 aromatic rings. The summed E-state index contributed by atoms with van der Waals surface area (Å²) >= 11 is 0. The lowest BCUT2D eigenvalue weighted by Crippen LogP contribution is -2.28. The van der Waals surface area contributed by atoms with Crippen molar-refractivity contribution >= 4 is 22.7 Å². The highest BCUT2D eigenvalue weighted by Crippen LogP contribution is 2.21. The van der Waals surface area contributed by atoms with Gasteiger partial charge in [0.25, 0.3) is 0 Å². The summed E-state index contributed by atoms with van der Waals surface area (Å²) in [6.45, 7) is 3.12. The van der Waals surface area contributed by atoms with Crippen LogP contribution in [-0.4, -0.2) is 37.6 Å². The average Bonchev–Trinajstić information content (AvgIpc) is 3.06. The predicted molar refractivity (Wildman–Crippen MR) is 102 cm³/mol. The van der Waals surface area contributed by atoms with Crippen LogP contribution in [0.15, 0.2) is 31.0 Å². The number of nitrogens with zero attached hydrogens (tertiary/aromatic N) is 6. The molecule has 0 aliphatic carbocycles. The van der Waals surface area contributed by atoms with E-state index in [0.717, 1.165) is 30.7 Å². The van der Waals surface area contributed by atoms with Gasteiger partial charge in [0.1, 0.15) is 23.2 Å². The van der Waals surface area contributed by atoms with Crippen LogP contribution < -0.4 is 10.6 Å². The zero-order valence-corrected chi connectivity index (χ0v) is 15.1. The molecule has 27 heavy (non-hydrogen) atoms. The number of fused-ring (bicyclic) bond motifs is 1. The third-order valence-electron chi connectivity index (χ3n) is 4.88. The van der Waals surface area contributed by atoms with Crippen LogP contribution in [0.25, 0.3) is 11.0 Å². The van der Waals surface area contributed by atoms with Crippen molar-refractivity contribution in [1.29, 1.82) is 5.26 Å². The van der Waals surface area contributed by atoms with Gasteiger partial charge in [-0.1, -0.05) is 12.8 Å². The number of anilines is 2. The fraction of sp³-hybridized carbons (Fsp3) is 0.421. The summed E-state index contributed by atoms with van der Waals surface area (Å²) in [7, 11) is 0. The SMILES string of the molecule is N#Cc1cnc(Nc2cc3c(cn2)ncn3CC2CCCCCNC2)cn1. The van der Waals surface area contributed by atoms with Gasteiger partial charge in [-0.25, -0.2) is 19.9 Å². The molecule has 8 heteroatoms. The Balaban J connectivity index is 1.52. The number of hydrogen-bond acceptors (Lipinski definition) is 7. The second-order valence-corrected chi connectivity index (χ2v) is 6.90. The number of rotatable bonds is 4. The van der Waals surface area contributed by atoms with E-state index in [2.05, 4.69) is 35.1 Å². The Bertz CT molecular complexity index is 932. The topological polar surface area (TPSA) is 104 Å². The summed E-state index contributed by atoms with van der Waals surface area (Å²) in [5.74, 6) is 1.84. The van der Waals surface area contributed by atoms with Crippen molar-refractivity contribution in [3.05, 3.63) is 36.7 Å². The van der Waals surface area contributed by atoms with Gasteiger partial charge in [-0.2, -0.15) is 5.26 Å². The van der Waals surface area contributed by atoms with Crippen molar-refractivity contribution in [3.8, 4) is 6.07 Å². The maximum Gasteiger partial charge on any atom is 0.158 e. The number of nitrogens with one attached hydrogen (secondary N) is 2. The molecule has 1 unspecified atom stereocenters. The van der Waals surface area contributed by atoms with Gasteiger partial charge < -0.3 is 15.2 Å². The third kappa shape index (κ3) is 4.20. The molecule has 8 nitrogen and oxygen atoms in total. The van der Waals surface area contributed by atoms with Crippen LogP contribution in [0, 0.1) is 17.2 Å². The third-order valence-corrected chi connectivity index (χ3v) is 4.88. The van der Waals surface area contributed by atoms with Gasteiger partial charge in [-0.3, -0.25) is 0 Å². The minimum Gasteiger partial charge on any atom is -0.330 e. The fourth-order valence-electron chi connectivity index (χ4n) is 3.46. The molecule has 1 aliphatic rings. The van der Waals surface area contributed by atoms with E-state index in [4.69, 9.17) is 5.26 Å². The molecule has 2 N–H and O–H groups in total. The normalized spacial score (nSPS) is 17.8. The Morgan fingerprint density at radius 2 is 2.04 bits per heavy atom. The summed E-state index contributed by atoms with van der Waals surface area (Å²) in [5.41, 5.74) is 2.22. The molecule has 138 valence electrons. The molecular weight excluding hydrogens is 340 g/mol. The molecule has 4 heterocycles. The zero-order chi connectivity index (χ0) is 18.5. The molecular formula is C19H22N8. The van der Waals surface area contributed by atoms with E-state index in [1.807, 2.05) is 18.5 Å². The molecule has 0 amide bonds. The quantitative estimate of drug-likeness (QED) is 0.735. The van der Waals surface area contributed by atoms with Gasteiger partial charge in [0.2, 0.25) is 0 Å². The van der Waals surface area contributed by atoms with Gasteiger partial charge in [0, 0.05) is 12.6 Å². The second-order valence-electron chi connectivity index (χ2n) is 6.90. The number of aromatic nitrogens is 5. The summed E-state index contributed by atoms with van der Waals surface area (Å²) in [5, 5.41) is 15.5. The largest absolute Gasteiger partial charge is 0.330 e. The fourth-order valence-corrected chi connectivity index (χ4v) is 3.46. The maximum atomic E-state index is 8.81. The van der Waals surface area contributed by atoms with E-state index in [-0.39, 0.29) is 5.69 Å². The summed E-state index contributed by atoms with van der Waals surface area (Å²) < 4.78 is 2.21. The van der Waals surface area contributed by atoms with Crippen LogP contribution in [0.2, 0.25) is 0 Å². The Morgan fingerprint density at radius 3 is 2.89 bits per heavy atom. The van der Waals surface area contributed by atoms with E-state index in [1.54, 1.807) is 6.20 Å². The highest BCUT2D eigenvalue weighted by Gasteiger charge is 2.14. The Morgan fingerprint density at radius 1 is 1.11 bits per heavy atom. The highest BCUT2D eigenvalue weighted by atomic mass is 15.1. The second kappa shape index (κ2) is 8.10. The van der Waals surface area contributed by atoms with Crippen LogP contribution in [0.4, 0.5) is 11.6 Å². The monoisotopic (exact) mass is 362 g/mol. The summed E-state index contributed by atoms with van der Waals surface area (Å²) in [6, 6.07) is 3.94. The predicted octanol–water partition coefficient (Wildman–Crippen LogP) is 2.62. The summed E-state index contributed by atoms with van der Waals surface area (Å²) in [4.78, 5) is 17.1. The molecule has 1 atom stereocenters. The lowest BCUT2D eigenvalue weighted by atomic mass is 9.99. The van der Waals surface area contributed by atoms with Crippen LogP contribution in [0.1, 0.15) is 31.4 Å². The molecule has 1 fully saturated rings. The van der Waals surface area contributed by atoms with Crippen molar-refractivity contribution in [2.45, 2.75) is 32.2 Å². The first-order valence-electron chi connectivity index (χ1n) is 9.32. The van der Waals surface area contributed by atoms with E-state index >= 15 is 0 Å². The Labute approximate surface area is 157 Å². The maximum absolute atomic E-state index is 8.81. The van der Waals surface area contributed by atoms with E-state index in [9.17, 15) is 0 Å². The van der Waals surface area contributed by atoms with Crippen LogP contribution >= 0.6 is 0 Å². The Hall–Kier alpha value is -3.05. The molecule has 0 saturated carbocycles. The lowest BCUT2D eigenvalue weighted by Gasteiger charge is -2.21. The molecule has 1 saturated heterocycles. The van der Waals surface area contributed by atoms with E-state index in [1.165, 1.54) is 38.1 Å². The average molecular weight is 362 g/mol. The number of imidazole rings is 1. The molecule has 0 spiro atoms.